The van der Waals surface area contributed by atoms with Gasteiger partial charge in [-0.05, 0) is 30.5 Å². The van der Waals surface area contributed by atoms with Crippen LogP contribution in [0.3, 0.4) is 0 Å². The number of halogens is 2. The maximum Gasteiger partial charge on any atom is 0.0746 e. The van der Waals surface area contributed by atoms with Crippen molar-refractivity contribution in [2.45, 2.75) is 24.8 Å². The van der Waals surface area contributed by atoms with Crippen LogP contribution in [0.2, 0.25) is 5.02 Å². The van der Waals surface area contributed by atoms with Crippen molar-refractivity contribution in [1.82, 2.24) is 0 Å². The Morgan fingerprint density at radius 3 is 2.94 bits per heavy atom. The first-order valence-electron chi connectivity index (χ1n) is 5.86. The number of ether oxygens (including phenoxy) is 1. The molecule has 1 saturated heterocycles. The summed E-state index contributed by atoms with van der Waals surface area (Å²) >= 11 is 12.0. The molecule has 94 valence electrons. The van der Waals surface area contributed by atoms with Crippen LogP contribution >= 0.6 is 23.2 Å². The standard InChI is InChI=1S/C13H17Cl2NO/c1-17-12-3-2-6-16(9-12)11-5-4-10(8-14)13(15)7-11/h4-5,7,12H,2-3,6,8-9H2,1H3. The van der Waals surface area contributed by atoms with E-state index < -0.39 is 0 Å². The molecule has 17 heavy (non-hydrogen) atoms. The Balaban J connectivity index is 2.13. The molecule has 0 bridgehead atoms. The second kappa shape index (κ2) is 5.94. The van der Waals surface area contributed by atoms with Gasteiger partial charge in [-0.25, -0.2) is 0 Å². The summed E-state index contributed by atoms with van der Waals surface area (Å²) in [7, 11) is 1.78. The van der Waals surface area contributed by atoms with Crippen LogP contribution in [-0.4, -0.2) is 26.3 Å². The van der Waals surface area contributed by atoms with Crippen LogP contribution in [-0.2, 0) is 10.6 Å². The van der Waals surface area contributed by atoms with Crippen LogP contribution in [0.25, 0.3) is 0 Å². The molecule has 0 spiro atoms. The number of anilines is 1. The molecular formula is C13H17Cl2NO. The first kappa shape index (κ1) is 13.0. The summed E-state index contributed by atoms with van der Waals surface area (Å²) < 4.78 is 5.42. The Morgan fingerprint density at radius 1 is 1.47 bits per heavy atom. The highest BCUT2D eigenvalue weighted by Gasteiger charge is 2.19. The smallest absolute Gasteiger partial charge is 0.0746 e. The molecule has 0 saturated carbocycles. The van der Waals surface area contributed by atoms with E-state index in [4.69, 9.17) is 27.9 Å². The lowest BCUT2D eigenvalue weighted by atomic mass is 10.1. The molecule has 1 fully saturated rings. The number of nitrogens with zero attached hydrogens (tertiary/aromatic N) is 1. The summed E-state index contributed by atoms with van der Waals surface area (Å²) in [6.07, 6.45) is 2.63. The Kier molecular flexibility index (Phi) is 4.55. The minimum absolute atomic E-state index is 0.329. The van der Waals surface area contributed by atoms with Gasteiger partial charge in [-0.3, -0.25) is 0 Å². The van der Waals surface area contributed by atoms with Gasteiger partial charge in [0, 0.05) is 36.8 Å². The Labute approximate surface area is 112 Å². The highest BCUT2D eigenvalue weighted by Crippen LogP contribution is 2.27. The first-order chi connectivity index (χ1) is 8.24. The number of piperidine rings is 1. The van der Waals surface area contributed by atoms with Gasteiger partial charge in [0.1, 0.15) is 0 Å². The van der Waals surface area contributed by atoms with Gasteiger partial charge >= 0.3 is 0 Å². The van der Waals surface area contributed by atoms with Gasteiger partial charge in [0.05, 0.1) is 6.10 Å². The Hall–Kier alpha value is -0.440. The minimum Gasteiger partial charge on any atom is -0.380 e. The summed E-state index contributed by atoms with van der Waals surface area (Å²) in [5.41, 5.74) is 2.14. The highest BCUT2D eigenvalue weighted by atomic mass is 35.5. The van der Waals surface area contributed by atoms with Crippen molar-refractivity contribution in [3.05, 3.63) is 28.8 Å². The summed E-state index contributed by atoms with van der Waals surface area (Å²) in [6, 6.07) is 6.08. The third kappa shape index (κ3) is 3.06. The molecule has 1 unspecified atom stereocenters. The monoisotopic (exact) mass is 273 g/mol. The maximum absolute atomic E-state index is 6.18. The van der Waals surface area contributed by atoms with Crippen LogP contribution < -0.4 is 4.90 Å². The molecule has 1 heterocycles. The van der Waals surface area contributed by atoms with Gasteiger partial charge in [0.2, 0.25) is 0 Å². The van der Waals surface area contributed by atoms with E-state index in [1.165, 1.54) is 0 Å². The van der Waals surface area contributed by atoms with Crippen LogP contribution in [0.15, 0.2) is 18.2 Å². The zero-order valence-electron chi connectivity index (χ0n) is 9.96. The lowest BCUT2D eigenvalue weighted by Crippen LogP contribution is -2.39. The molecule has 1 aromatic carbocycles. The molecule has 0 aromatic heterocycles. The predicted molar refractivity (Wildman–Crippen MR) is 73.3 cm³/mol. The van der Waals surface area contributed by atoms with Crippen LogP contribution in [0.4, 0.5) is 5.69 Å². The molecule has 1 atom stereocenters. The molecule has 0 aliphatic carbocycles. The van der Waals surface area contributed by atoms with E-state index >= 15 is 0 Å². The van der Waals surface area contributed by atoms with Gasteiger partial charge in [-0.1, -0.05) is 17.7 Å². The molecule has 0 N–H and O–H groups in total. The molecule has 1 aliphatic heterocycles. The number of rotatable bonds is 3. The molecule has 2 nitrogen and oxygen atoms in total. The normalized spacial score (nSPS) is 20.6. The van der Waals surface area contributed by atoms with Gasteiger partial charge in [-0.15, -0.1) is 11.6 Å². The Morgan fingerprint density at radius 2 is 2.29 bits per heavy atom. The zero-order chi connectivity index (χ0) is 12.3. The molecule has 1 aliphatic rings. The highest BCUT2D eigenvalue weighted by molar-refractivity contribution is 6.32. The van der Waals surface area contributed by atoms with E-state index in [1.807, 2.05) is 12.1 Å². The van der Waals surface area contributed by atoms with Crippen LogP contribution in [0.1, 0.15) is 18.4 Å². The fourth-order valence-corrected chi connectivity index (χ4v) is 2.75. The molecule has 1 aromatic rings. The van der Waals surface area contributed by atoms with Crippen LogP contribution in [0.5, 0.6) is 0 Å². The molecule has 0 amide bonds. The SMILES string of the molecule is COC1CCCN(c2ccc(CCl)c(Cl)c2)C1. The van der Waals surface area contributed by atoms with E-state index in [9.17, 15) is 0 Å². The lowest BCUT2D eigenvalue weighted by molar-refractivity contribution is 0.0893. The largest absolute Gasteiger partial charge is 0.380 e. The van der Waals surface area contributed by atoms with E-state index in [-0.39, 0.29) is 0 Å². The summed E-state index contributed by atoms with van der Waals surface area (Å²) in [5.74, 6) is 0.458. The summed E-state index contributed by atoms with van der Waals surface area (Å²) in [5, 5.41) is 0.747. The van der Waals surface area contributed by atoms with E-state index in [0.29, 0.717) is 12.0 Å². The molecule has 0 radical (unpaired) electrons. The van der Waals surface area contributed by atoms with Crippen molar-refractivity contribution < 1.29 is 4.74 Å². The van der Waals surface area contributed by atoms with Gasteiger partial charge in [0.15, 0.2) is 0 Å². The third-order valence-corrected chi connectivity index (χ3v) is 3.90. The van der Waals surface area contributed by atoms with Gasteiger partial charge in [-0.2, -0.15) is 0 Å². The quantitative estimate of drug-likeness (QED) is 0.779. The van der Waals surface area contributed by atoms with Crippen molar-refractivity contribution >= 4 is 28.9 Å². The van der Waals surface area contributed by atoms with Crippen molar-refractivity contribution in [3.63, 3.8) is 0 Å². The fourth-order valence-electron chi connectivity index (χ4n) is 2.21. The number of alkyl halides is 1. The van der Waals surface area contributed by atoms with Crippen molar-refractivity contribution in [3.8, 4) is 0 Å². The third-order valence-electron chi connectivity index (χ3n) is 3.26. The van der Waals surface area contributed by atoms with Crippen LogP contribution in [0, 0.1) is 0 Å². The second-order valence-corrected chi connectivity index (χ2v) is 5.03. The predicted octanol–water partition coefficient (Wildman–Crippen LogP) is 3.69. The van der Waals surface area contributed by atoms with Crippen molar-refractivity contribution in [2.75, 3.05) is 25.1 Å². The minimum atomic E-state index is 0.329. The molecule has 2 rings (SSSR count). The number of methoxy groups -OCH3 is 1. The maximum atomic E-state index is 6.18. The molecular weight excluding hydrogens is 257 g/mol. The second-order valence-electron chi connectivity index (χ2n) is 4.36. The van der Waals surface area contributed by atoms with E-state index in [1.54, 1.807) is 7.11 Å². The van der Waals surface area contributed by atoms with Gasteiger partial charge in [0.25, 0.3) is 0 Å². The molecule has 4 heteroatoms. The summed E-state index contributed by atoms with van der Waals surface area (Å²) in [4.78, 5) is 2.32. The average molecular weight is 274 g/mol. The zero-order valence-corrected chi connectivity index (χ0v) is 11.5. The topological polar surface area (TPSA) is 12.5 Å². The van der Waals surface area contributed by atoms with E-state index in [2.05, 4.69) is 11.0 Å². The van der Waals surface area contributed by atoms with Gasteiger partial charge < -0.3 is 9.64 Å². The average Bonchev–Trinajstić information content (AvgIpc) is 2.38. The lowest BCUT2D eigenvalue weighted by Gasteiger charge is -2.33. The number of hydrogen-bond donors (Lipinski definition) is 0. The van der Waals surface area contributed by atoms with Crippen molar-refractivity contribution in [1.29, 1.82) is 0 Å². The first-order valence-corrected chi connectivity index (χ1v) is 6.78. The fraction of sp³-hybridized carbons (Fsp3) is 0.538. The summed E-state index contributed by atoms with van der Waals surface area (Å²) in [6.45, 7) is 2.00. The van der Waals surface area contributed by atoms with Crippen molar-refractivity contribution in [2.24, 2.45) is 0 Å². The number of hydrogen-bond acceptors (Lipinski definition) is 2. The number of benzene rings is 1. The Bertz CT molecular complexity index is 384. The van der Waals surface area contributed by atoms with E-state index in [0.717, 1.165) is 42.2 Å².